The third-order valence-electron chi connectivity index (χ3n) is 17.0. The van der Waals surface area contributed by atoms with Crippen LogP contribution in [0.3, 0.4) is 0 Å². The number of hydrogen-bond donors (Lipinski definition) is 2. The molecule has 5 fully saturated rings. The molecular formula is C45H67N3O3. The van der Waals surface area contributed by atoms with E-state index >= 15 is 0 Å². The summed E-state index contributed by atoms with van der Waals surface area (Å²) in [5, 5.41) is 13.3. The number of nitrogens with zero attached hydrogens (tertiary/aromatic N) is 2. The summed E-state index contributed by atoms with van der Waals surface area (Å²) >= 11 is 0. The first-order valence-electron chi connectivity index (χ1n) is 20.4. The van der Waals surface area contributed by atoms with Crippen LogP contribution in [0.2, 0.25) is 0 Å². The van der Waals surface area contributed by atoms with E-state index in [2.05, 4.69) is 83.2 Å². The van der Waals surface area contributed by atoms with Gasteiger partial charge in [0.05, 0.1) is 12.1 Å². The monoisotopic (exact) mass is 698 g/mol. The number of carbonyl (C=O) groups is 2. The molecule has 5 aliphatic carbocycles. The van der Waals surface area contributed by atoms with Gasteiger partial charge in [-0.05, 0) is 153 Å². The van der Waals surface area contributed by atoms with Gasteiger partial charge in [0.15, 0.2) is 0 Å². The molecule has 0 aromatic heterocycles. The third kappa shape index (κ3) is 5.70. The Labute approximate surface area is 308 Å². The molecule has 6 nitrogen and oxygen atoms in total. The average molecular weight is 698 g/mol. The lowest BCUT2D eigenvalue weighted by Crippen LogP contribution is -2.68. The van der Waals surface area contributed by atoms with E-state index in [4.69, 9.17) is 0 Å². The summed E-state index contributed by atoms with van der Waals surface area (Å²) in [5.74, 6) is 2.11. The molecule has 7 rings (SSSR count). The van der Waals surface area contributed by atoms with Crippen LogP contribution in [0.4, 0.5) is 0 Å². The highest BCUT2D eigenvalue weighted by Crippen LogP contribution is 2.76. The average Bonchev–Trinajstić information content (AvgIpc) is 3.44. The number of rotatable bonds is 7. The minimum absolute atomic E-state index is 0.000749. The normalized spacial score (nSPS) is 40.7. The van der Waals surface area contributed by atoms with Crippen molar-refractivity contribution in [3.63, 3.8) is 0 Å². The van der Waals surface area contributed by atoms with Gasteiger partial charge in [0.1, 0.15) is 0 Å². The molecule has 280 valence electrons. The fourth-order valence-corrected chi connectivity index (χ4v) is 14.2. The van der Waals surface area contributed by atoms with Gasteiger partial charge in [0.25, 0.3) is 0 Å². The molecule has 1 saturated heterocycles. The third-order valence-corrected chi connectivity index (χ3v) is 17.0. The van der Waals surface area contributed by atoms with E-state index in [-0.39, 0.29) is 33.1 Å². The van der Waals surface area contributed by atoms with E-state index in [0.717, 1.165) is 51.9 Å². The van der Waals surface area contributed by atoms with E-state index < -0.39 is 5.97 Å². The smallest absolute Gasteiger partial charge is 0.335 e. The van der Waals surface area contributed by atoms with Crippen LogP contribution in [-0.4, -0.2) is 71.1 Å². The topological polar surface area (TPSA) is 72.9 Å². The van der Waals surface area contributed by atoms with Gasteiger partial charge >= 0.3 is 5.97 Å². The van der Waals surface area contributed by atoms with Crippen LogP contribution in [-0.2, 0) is 4.79 Å². The molecule has 2 N–H and O–H groups in total. The number of hydrogen-bond acceptors (Lipinski definition) is 4. The molecule has 6 heteroatoms. The Bertz CT molecular complexity index is 1570. The predicted octanol–water partition coefficient (Wildman–Crippen LogP) is 8.93. The quantitative estimate of drug-likeness (QED) is 0.279. The molecule has 51 heavy (non-hydrogen) atoms. The van der Waals surface area contributed by atoms with E-state index in [9.17, 15) is 14.7 Å². The first-order valence-corrected chi connectivity index (χ1v) is 20.4. The van der Waals surface area contributed by atoms with E-state index in [1.165, 1.54) is 48.8 Å². The standard InChI is InChI=1S/C45H67N3O3/c1-29(2)33-16-21-45(46-38(49)28-47-24-26-48(27-25-47)30(3)4)23-22-43(8)35(39(33)45)14-15-37-42(7)19-17-34(31-10-12-32(13-11-31)40(50)51)41(5,6)36(42)18-20-44(37,43)9/h10-13,17,30,33,35-37,39H,1,14-16,18-28H2,2-9H3,(H,46,49)(H,50,51)/t33-,35+,36-,37+,39+,42-,43?,44+,45-/m0/s1. The van der Waals surface area contributed by atoms with Gasteiger partial charge in [0, 0.05) is 37.8 Å². The molecule has 4 saturated carbocycles. The van der Waals surface area contributed by atoms with Gasteiger partial charge in [-0.15, -0.1) is 0 Å². The summed E-state index contributed by atoms with van der Waals surface area (Å²) in [6.07, 6.45) is 13.1. The van der Waals surface area contributed by atoms with Crippen LogP contribution in [0.1, 0.15) is 129 Å². The molecule has 1 aromatic rings. The van der Waals surface area contributed by atoms with E-state index in [1.54, 1.807) is 12.1 Å². The lowest BCUT2D eigenvalue weighted by Gasteiger charge is -2.72. The van der Waals surface area contributed by atoms with Crippen LogP contribution in [0.15, 0.2) is 42.5 Å². The van der Waals surface area contributed by atoms with E-state index in [0.29, 0.717) is 47.7 Å². The Balaban J connectivity index is 1.14. The molecule has 1 amide bonds. The molecule has 1 heterocycles. The maximum atomic E-state index is 14.0. The van der Waals surface area contributed by atoms with Crippen LogP contribution in [0, 0.1) is 51.2 Å². The summed E-state index contributed by atoms with van der Waals surface area (Å²) in [7, 11) is 0. The minimum atomic E-state index is -0.869. The van der Waals surface area contributed by atoms with Crippen molar-refractivity contribution >= 4 is 17.4 Å². The van der Waals surface area contributed by atoms with Crippen LogP contribution >= 0.6 is 0 Å². The van der Waals surface area contributed by atoms with Gasteiger partial charge in [-0.2, -0.15) is 0 Å². The predicted molar refractivity (Wildman–Crippen MR) is 207 cm³/mol. The number of carboxylic acids is 1. The van der Waals surface area contributed by atoms with Crippen LogP contribution in [0.25, 0.3) is 5.57 Å². The van der Waals surface area contributed by atoms with E-state index in [1.807, 2.05) is 12.1 Å². The second kappa shape index (κ2) is 12.9. The summed E-state index contributed by atoms with van der Waals surface area (Å²) in [5.41, 5.74) is 4.78. The Morgan fingerprint density at radius 1 is 0.882 bits per heavy atom. The number of benzene rings is 1. The van der Waals surface area contributed by atoms with Crippen molar-refractivity contribution in [3.8, 4) is 0 Å². The highest BCUT2D eigenvalue weighted by atomic mass is 16.4. The van der Waals surface area contributed by atoms with Gasteiger partial charge < -0.3 is 10.4 Å². The number of fused-ring (bicyclic) bond motifs is 7. The van der Waals surface area contributed by atoms with Gasteiger partial charge in [-0.3, -0.25) is 14.6 Å². The first kappa shape index (κ1) is 36.9. The van der Waals surface area contributed by atoms with Gasteiger partial charge in [0.2, 0.25) is 5.91 Å². The SMILES string of the molecule is C=C(C)[C@@H]1CC[C@]2(NC(=O)CN3CCN(C(C)C)CC3)CCC3(C)[C@H](CC[C@@H]4[C@@]5(C)CC=C(c6ccc(C(=O)O)cc6)C(C)(C)[C@@H]5CC[C@]43C)[C@@H]12. The zero-order valence-electron chi connectivity index (χ0n) is 33.1. The Kier molecular flexibility index (Phi) is 9.30. The first-order chi connectivity index (χ1) is 24.0. The van der Waals surface area contributed by atoms with Crippen molar-refractivity contribution in [3.05, 3.63) is 53.6 Å². The molecule has 1 aliphatic heterocycles. The molecule has 1 aromatic carbocycles. The molecule has 0 spiro atoms. The number of carbonyl (C=O) groups excluding carboxylic acids is 1. The fraction of sp³-hybridized carbons (Fsp3) is 0.733. The zero-order valence-corrected chi connectivity index (χ0v) is 33.1. The Hall–Kier alpha value is -2.44. The van der Waals surface area contributed by atoms with Crippen molar-refractivity contribution in [2.45, 2.75) is 125 Å². The Morgan fingerprint density at radius 2 is 1.57 bits per heavy atom. The van der Waals surface area contributed by atoms with Crippen LogP contribution in [0.5, 0.6) is 0 Å². The molecule has 6 aliphatic rings. The highest BCUT2D eigenvalue weighted by molar-refractivity contribution is 5.88. The highest BCUT2D eigenvalue weighted by Gasteiger charge is 2.70. The number of aromatic carboxylic acids is 1. The number of amides is 1. The minimum Gasteiger partial charge on any atom is -0.478 e. The maximum absolute atomic E-state index is 14.0. The number of allylic oxidation sites excluding steroid dienone is 3. The molecular weight excluding hydrogens is 631 g/mol. The summed E-state index contributed by atoms with van der Waals surface area (Å²) in [4.78, 5) is 30.4. The zero-order chi connectivity index (χ0) is 36.7. The van der Waals surface area contributed by atoms with Crippen molar-refractivity contribution < 1.29 is 14.7 Å². The largest absolute Gasteiger partial charge is 0.478 e. The molecule has 0 bridgehead atoms. The van der Waals surface area contributed by atoms with Crippen molar-refractivity contribution in [1.29, 1.82) is 0 Å². The second-order valence-corrected chi connectivity index (χ2v) is 19.7. The molecule has 1 unspecified atom stereocenters. The number of piperazine rings is 1. The summed E-state index contributed by atoms with van der Waals surface area (Å²) in [6, 6.07) is 8.15. The maximum Gasteiger partial charge on any atom is 0.335 e. The van der Waals surface area contributed by atoms with Gasteiger partial charge in [-0.1, -0.05) is 65.0 Å². The summed E-state index contributed by atoms with van der Waals surface area (Å²) in [6.45, 7) is 28.9. The summed E-state index contributed by atoms with van der Waals surface area (Å²) < 4.78 is 0. The van der Waals surface area contributed by atoms with Crippen molar-refractivity contribution in [1.82, 2.24) is 15.1 Å². The second-order valence-electron chi connectivity index (χ2n) is 19.7. The van der Waals surface area contributed by atoms with Crippen molar-refractivity contribution in [2.24, 2.45) is 51.2 Å². The van der Waals surface area contributed by atoms with Crippen LogP contribution < -0.4 is 5.32 Å². The number of carboxylic acid groups (broad SMARTS) is 1. The lowest BCUT2D eigenvalue weighted by molar-refractivity contribution is -0.219. The lowest BCUT2D eigenvalue weighted by atomic mass is 9.33. The fourth-order valence-electron chi connectivity index (χ4n) is 14.2. The Morgan fingerprint density at radius 3 is 2.20 bits per heavy atom. The molecule has 9 atom stereocenters. The van der Waals surface area contributed by atoms with Gasteiger partial charge in [-0.25, -0.2) is 4.79 Å². The number of nitrogens with one attached hydrogen (secondary N) is 1. The van der Waals surface area contributed by atoms with Crippen molar-refractivity contribution in [2.75, 3.05) is 32.7 Å². The molecule has 0 radical (unpaired) electrons.